The molecule has 0 saturated carbocycles. The van der Waals surface area contributed by atoms with E-state index in [1.54, 1.807) is 66.7 Å². The van der Waals surface area contributed by atoms with Crippen LogP contribution >= 0.6 is 0 Å². The predicted molar refractivity (Wildman–Crippen MR) is 129 cm³/mol. The van der Waals surface area contributed by atoms with E-state index in [4.69, 9.17) is 14.2 Å². The van der Waals surface area contributed by atoms with Gasteiger partial charge in [0.2, 0.25) is 0 Å². The fourth-order valence-corrected chi connectivity index (χ4v) is 4.54. The van der Waals surface area contributed by atoms with Crippen LogP contribution in [0.1, 0.15) is 12.0 Å². The minimum atomic E-state index is -3.68. The second kappa shape index (κ2) is 10.0. The summed E-state index contributed by atoms with van der Waals surface area (Å²) in [5.74, 6) is 1.36. The van der Waals surface area contributed by atoms with Gasteiger partial charge in [-0.25, -0.2) is 8.42 Å². The number of benzene rings is 3. The van der Waals surface area contributed by atoms with Crippen molar-refractivity contribution in [1.82, 2.24) is 0 Å². The first kappa shape index (κ1) is 23.4. The molecule has 0 aliphatic carbocycles. The Balaban J connectivity index is 1.34. The zero-order valence-corrected chi connectivity index (χ0v) is 19.8. The van der Waals surface area contributed by atoms with Gasteiger partial charge in [-0.1, -0.05) is 17.7 Å². The van der Waals surface area contributed by atoms with E-state index >= 15 is 0 Å². The van der Waals surface area contributed by atoms with Crippen molar-refractivity contribution < 1.29 is 27.4 Å². The average molecular weight is 483 g/mol. The van der Waals surface area contributed by atoms with Gasteiger partial charge in [-0.2, -0.15) is 0 Å². The van der Waals surface area contributed by atoms with E-state index in [0.717, 1.165) is 12.0 Å². The summed E-state index contributed by atoms with van der Waals surface area (Å²) in [6, 6.07) is 18.4. The van der Waals surface area contributed by atoms with Crippen molar-refractivity contribution in [2.24, 2.45) is 0 Å². The van der Waals surface area contributed by atoms with Crippen LogP contribution in [-0.2, 0) is 14.8 Å². The van der Waals surface area contributed by atoms with Gasteiger partial charge >= 0.3 is 0 Å². The number of ether oxygens (including phenoxy) is 3. The molecule has 3 aromatic carbocycles. The molecule has 1 N–H and O–H groups in total. The van der Waals surface area contributed by atoms with E-state index in [2.05, 4.69) is 5.32 Å². The molecule has 0 radical (unpaired) electrons. The summed E-state index contributed by atoms with van der Waals surface area (Å²) >= 11 is 0. The highest BCUT2D eigenvalue weighted by Crippen LogP contribution is 2.32. The minimum Gasteiger partial charge on any atom is -0.490 e. The van der Waals surface area contributed by atoms with E-state index in [1.165, 1.54) is 11.4 Å². The maximum absolute atomic E-state index is 12.9. The SMILES string of the molecule is Cc1ccc(S(=O)(=O)N(C)c2ccc(OCC(=O)Nc3ccc4c(c3)OCCCO4)cc2)cc1. The second-order valence-corrected chi connectivity index (χ2v) is 9.80. The lowest BCUT2D eigenvalue weighted by Gasteiger charge is -2.20. The highest BCUT2D eigenvalue weighted by molar-refractivity contribution is 7.92. The van der Waals surface area contributed by atoms with Crippen LogP contribution in [0.4, 0.5) is 11.4 Å². The van der Waals surface area contributed by atoms with Gasteiger partial charge in [0, 0.05) is 25.2 Å². The number of carbonyl (C=O) groups is 1. The fraction of sp³-hybridized carbons (Fsp3) is 0.240. The van der Waals surface area contributed by atoms with Crippen molar-refractivity contribution in [2.45, 2.75) is 18.2 Å². The number of aryl methyl sites for hydroxylation is 1. The molecular formula is C25H26N2O6S. The van der Waals surface area contributed by atoms with Crippen molar-refractivity contribution in [1.29, 1.82) is 0 Å². The number of rotatable bonds is 7. The summed E-state index contributed by atoms with van der Waals surface area (Å²) in [4.78, 5) is 12.5. The molecule has 1 heterocycles. The Morgan fingerprint density at radius 2 is 1.65 bits per heavy atom. The fourth-order valence-electron chi connectivity index (χ4n) is 3.35. The molecule has 0 saturated heterocycles. The first-order valence-corrected chi connectivity index (χ1v) is 12.2. The number of sulfonamides is 1. The van der Waals surface area contributed by atoms with Gasteiger partial charge in [-0.15, -0.1) is 0 Å². The Labute approximate surface area is 199 Å². The lowest BCUT2D eigenvalue weighted by Crippen LogP contribution is -2.26. The van der Waals surface area contributed by atoms with Crippen LogP contribution in [0, 0.1) is 6.92 Å². The van der Waals surface area contributed by atoms with Crippen molar-refractivity contribution in [3.8, 4) is 17.2 Å². The lowest BCUT2D eigenvalue weighted by atomic mass is 10.2. The van der Waals surface area contributed by atoms with Crippen LogP contribution in [0.3, 0.4) is 0 Å². The Kier molecular flexibility index (Phi) is 6.93. The Hall–Kier alpha value is -3.72. The standard InChI is InChI=1S/C25H26N2O6S/c1-18-4-11-22(12-5-18)34(29,30)27(2)20-7-9-21(10-8-20)33-17-25(28)26-19-6-13-23-24(16-19)32-15-3-14-31-23/h4-13,16H,3,14-15,17H2,1-2H3,(H,26,28). The number of nitrogens with zero attached hydrogens (tertiary/aromatic N) is 1. The van der Waals surface area contributed by atoms with Crippen LogP contribution in [0.2, 0.25) is 0 Å². The first-order valence-electron chi connectivity index (χ1n) is 10.8. The van der Waals surface area contributed by atoms with Gasteiger partial charge in [0.15, 0.2) is 18.1 Å². The van der Waals surface area contributed by atoms with Crippen LogP contribution < -0.4 is 23.8 Å². The monoisotopic (exact) mass is 482 g/mol. The number of anilines is 2. The van der Waals surface area contributed by atoms with Gasteiger partial charge < -0.3 is 19.5 Å². The molecule has 9 heteroatoms. The molecule has 8 nitrogen and oxygen atoms in total. The van der Waals surface area contributed by atoms with Crippen LogP contribution in [0.5, 0.6) is 17.2 Å². The number of amides is 1. The molecule has 0 unspecified atom stereocenters. The molecule has 0 spiro atoms. The number of fused-ring (bicyclic) bond motifs is 1. The van der Waals surface area contributed by atoms with Crippen molar-refractivity contribution in [3.05, 3.63) is 72.3 Å². The molecule has 178 valence electrons. The summed E-state index contributed by atoms with van der Waals surface area (Å²) < 4.78 is 43.7. The second-order valence-electron chi connectivity index (χ2n) is 7.83. The molecule has 0 atom stereocenters. The normalized spacial score (nSPS) is 13.0. The maximum atomic E-state index is 12.9. The molecule has 1 aliphatic rings. The highest BCUT2D eigenvalue weighted by atomic mass is 32.2. The van der Waals surface area contributed by atoms with Gasteiger partial charge in [-0.3, -0.25) is 9.10 Å². The van der Waals surface area contributed by atoms with E-state index in [1.807, 2.05) is 6.92 Å². The third kappa shape index (κ3) is 5.43. The van der Waals surface area contributed by atoms with E-state index in [-0.39, 0.29) is 17.4 Å². The van der Waals surface area contributed by atoms with Gasteiger partial charge in [0.1, 0.15) is 5.75 Å². The Bertz CT molecular complexity index is 1260. The van der Waals surface area contributed by atoms with Gasteiger partial charge in [0.25, 0.3) is 15.9 Å². The number of hydrogen-bond acceptors (Lipinski definition) is 6. The maximum Gasteiger partial charge on any atom is 0.264 e. The Morgan fingerprint density at radius 1 is 0.971 bits per heavy atom. The van der Waals surface area contributed by atoms with E-state index in [0.29, 0.717) is 41.8 Å². The molecular weight excluding hydrogens is 456 g/mol. The quantitative estimate of drug-likeness (QED) is 0.547. The molecule has 1 amide bonds. The summed E-state index contributed by atoms with van der Waals surface area (Å²) in [5.41, 5.74) is 2.04. The summed E-state index contributed by atoms with van der Waals surface area (Å²) in [6.45, 7) is 2.85. The zero-order valence-electron chi connectivity index (χ0n) is 19.0. The number of hydrogen-bond donors (Lipinski definition) is 1. The van der Waals surface area contributed by atoms with E-state index in [9.17, 15) is 13.2 Å². The predicted octanol–water partition coefficient (Wildman–Crippen LogP) is 4.00. The molecule has 4 rings (SSSR count). The summed E-state index contributed by atoms with van der Waals surface area (Å²) in [7, 11) is -2.19. The number of nitrogens with one attached hydrogen (secondary N) is 1. The molecule has 34 heavy (non-hydrogen) atoms. The Morgan fingerprint density at radius 3 is 2.35 bits per heavy atom. The van der Waals surface area contributed by atoms with Crippen LogP contribution in [0.15, 0.2) is 71.6 Å². The zero-order chi connectivity index (χ0) is 24.1. The van der Waals surface area contributed by atoms with Crippen molar-refractivity contribution in [2.75, 3.05) is 36.5 Å². The van der Waals surface area contributed by atoms with Crippen molar-refractivity contribution in [3.63, 3.8) is 0 Å². The highest BCUT2D eigenvalue weighted by Gasteiger charge is 2.21. The molecule has 1 aliphatic heterocycles. The lowest BCUT2D eigenvalue weighted by molar-refractivity contribution is -0.118. The minimum absolute atomic E-state index is 0.203. The number of carbonyl (C=O) groups excluding carboxylic acids is 1. The largest absolute Gasteiger partial charge is 0.490 e. The molecule has 0 fully saturated rings. The van der Waals surface area contributed by atoms with Gasteiger partial charge in [-0.05, 0) is 55.5 Å². The summed E-state index contributed by atoms with van der Waals surface area (Å²) in [6.07, 6.45) is 0.802. The topological polar surface area (TPSA) is 94.2 Å². The molecule has 0 bridgehead atoms. The molecule has 3 aromatic rings. The summed E-state index contributed by atoms with van der Waals surface area (Å²) in [5, 5.41) is 2.77. The van der Waals surface area contributed by atoms with Crippen LogP contribution in [0.25, 0.3) is 0 Å². The molecule has 0 aromatic heterocycles. The first-order chi connectivity index (χ1) is 16.3. The smallest absolute Gasteiger partial charge is 0.264 e. The third-order valence-electron chi connectivity index (χ3n) is 5.28. The van der Waals surface area contributed by atoms with Crippen molar-refractivity contribution >= 4 is 27.3 Å². The van der Waals surface area contributed by atoms with E-state index < -0.39 is 10.0 Å². The average Bonchev–Trinajstić information content (AvgIpc) is 3.08. The van der Waals surface area contributed by atoms with Crippen LogP contribution in [-0.4, -0.2) is 41.2 Å². The van der Waals surface area contributed by atoms with Gasteiger partial charge in [0.05, 0.1) is 23.8 Å². The third-order valence-corrected chi connectivity index (χ3v) is 7.08.